The minimum absolute atomic E-state index is 0.0219. The van der Waals surface area contributed by atoms with Crippen molar-refractivity contribution in [2.24, 2.45) is 0 Å². The van der Waals surface area contributed by atoms with Gasteiger partial charge in [-0.1, -0.05) is 6.07 Å². The number of amides is 2. The predicted octanol–water partition coefficient (Wildman–Crippen LogP) is 2.89. The summed E-state index contributed by atoms with van der Waals surface area (Å²) in [7, 11) is -2.11. The van der Waals surface area contributed by atoms with Crippen LogP contribution < -0.4 is 10.6 Å². The number of thiophene rings is 1. The van der Waals surface area contributed by atoms with E-state index in [1.54, 1.807) is 11.4 Å². The first kappa shape index (κ1) is 21.0. The van der Waals surface area contributed by atoms with Gasteiger partial charge in [0, 0.05) is 32.6 Å². The van der Waals surface area contributed by atoms with E-state index in [0.29, 0.717) is 5.69 Å². The van der Waals surface area contributed by atoms with Gasteiger partial charge in [-0.15, -0.1) is 11.3 Å². The van der Waals surface area contributed by atoms with Gasteiger partial charge in [0.15, 0.2) is 0 Å². The average Bonchev–Trinajstić information content (AvgIpc) is 3.12. The molecule has 2 aromatic rings. The second-order valence-corrected chi connectivity index (χ2v) is 9.01. The number of carbonyl (C=O) groups is 2. The van der Waals surface area contributed by atoms with Gasteiger partial charge < -0.3 is 10.6 Å². The van der Waals surface area contributed by atoms with Crippen molar-refractivity contribution in [3.8, 4) is 0 Å². The maximum absolute atomic E-state index is 13.8. The molecule has 0 aliphatic carbocycles. The molecule has 0 radical (unpaired) electrons. The molecule has 10 heteroatoms. The molecule has 0 saturated carbocycles. The zero-order chi connectivity index (χ0) is 20.0. The highest BCUT2D eigenvalue weighted by Gasteiger charge is 2.21. The number of nitrogens with one attached hydrogen (secondary N) is 2. The van der Waals surface area contributed by atoms with E-state index in [1.165, 1.54) is 36.5 Å². The third-order valence-corrected chi connectivity index (χ3v) is 6.83. The van der Waals surface area contributed by atoms with Crippen LogP contribution in [0.5, 0.6) is 0 Å². The minimum Gasteiger partial charge on any atom is -0.326 e. The molecule has 0 saturated heterocycles. The molecule has 27 heavy (non-hydrogen) atoms. The van der Waals surface area contributed by atoms with Crippen LogP contribution in [0, 0.1) is 5.82 Å². The molecule has 1 heterocycles. The highest BCUT2D eigenvalue weighted by atomic mass is 32.2. The highest BCUT2D eigenvalue weighted by Crippen LogP contribution is 2.21. The Bertz CT molecular complexity index is 914. The SMILES string of the molecule is CC(=O)Nc1ccc(F)c(NC(=O)CCCN(C)S(=O)(=O)c2cccs2)c1. The predicted molar refractivity (Wildman–Crippen MR) is 103 cm³/mol. The van der Waals surface area contributed by atoms with Crippen molar-refractivity contribution in [3.63, 3.8) is 0 Å². The summed E-state index contributed by atoms with van der Waals surface area (Å²) in [6.45, 7) is 1.48. The van der Waals surface area contributed by atoms with Crippen LogP contribution in [0.3, 0.4) is 0 Å². The number of halogens is 1. The number of anilines is 2. The first-order valence-electron chi connectivity index (χ1n) is 8.07. The van der Waals surface area contributed by atoms with Crippen LogP contribution in [0.4, 0.5) is 15.8 Å². The standard InChI is InChI=1S/C17H20FN3O4S2/c1-12(22)19-13-7-8-14(18)15(11-13)20-16(23)5-3-9-21(2)27(24,25)17-6-4-10-26-17/h4,6-8,10-11H,3,5,9H2,1-2H3,(H,19,22)(H,20,23). The Hall–Kier alpha value is -2.30. The van der Waals surface area contributed by atoms with Crippen LogP contribution >= 0.6 is 11.3 Å². The number of hydrogen-bond donors (Lipinski definition) is 2. The van der Waals surface area contributed by atoms with Crippen LogP contribution in [-0.4, -0.2) is 38.1 Å². The van der Waals surface area contributed by atoms with E-state index in [1.807, 2.05) is 0 Å². The molecule has 1 aromatic carbocycles. The zero-order valence-electron chi connectivity index (χ0n) is 14.9. The van der Waals surface area contributed by atoms with Crippen LogP contribution in [0.25, 0.3) is 0 Å². The van der Waals surface area contributed by atoms with E-state index in [-0.39, 0.29) is 35.2 Å². The lowest BCUT2D eigenvalue weighted by Gasteiger charge is -2.15. The number of hydrogen-bond acceptors (Lipinski definition) is 5. The van der Waals surface area contributed by atoms with Crippen LogP contribution in [-0.2, 0) is 19.6 Å². The summed E-state index contributed by atoms with van der Waals surface area (Å²) in [6, 6.07) is 7.03. The molecule has 0 spiro atoms. The monoisotopic (exact) mass is 413 g/mol. The number of carbonyl (C=O) groups excluding carboxylic acids is 2. The van der Waals surface area contributed by atoms with Gasteiger partial charge in [-0.2, -0.15) is 0 Å². The fraction of sp³-hybridized carbons (Fsp3) is 0.294. The molecule has 1 aromatic heterocycles. The summed E-state index contributed by atoms with van der Waals surface area (Å²) in [5.41, 5.74) is 0.312. The smallest absolute Gasteiger partial charge is 0.252 e. The summed E-state index contributed by atoms with van der Waals surface area (Å²) in [5, 5.41) is 6.62. The van der Waals surface area contributed by atoms with Gasteiger partial charge in [-0.05, 0) is 36.1 Å². The van der Waals surface area contributed by atoms with Crippen molar-refractivity contribution in [2.45, 2.75) is 24.0 Å². The molecular weight excluding hydrogens is 393 g/mol. The number of nitrogens with zero attached hydrogens (tertiary/aromatic N) is 1. The third-order valence-electron chi connectivity index (χ3n) is 3.60. The van der Waals surface area contributed by atoms with Crippen molar-refractivity contribution in [2.75, 3.05) is 24.2 Å². The zero-order valence-corrected chi connectivity index (χ0v) is 16.5. The molecule has 0 atom stereocenters. The molecule has 7 nitrogen and oxygen atoms in total. The second-order valence-electron chi connectivity index (χ2n) is 5.79. The lowest BCUT2D eigenvalue weighted by molar-refractivity contribution is -0.116. The lowest BCUT2D eigenvalue weighted by atomic mass is 10.2. The maximum atomic E-state index is 13.8. The summed E-state index contributed by atoms with van der Waals surface area (Å²) in [4.78, 5) is 23.1. The Morgan fingerprint density at radius 1 is 1.22 bits per heavy atom. The van der Waals surface area contributed by atoms with Gasteiger partial charge in [0.2, 0.25) is 11.8 Å². The molecular formula is C17H20FN3O4S2. The van der Waals surface area contributed by atoms with Crippen molar-refractivity contribution in [1.82, 2.24) is 4.31 Å². The molecule has 0 aliphatic heterocycles. The largest absolute Gasteiger partial charge is 0.326 e. The average molecular weight is 413 g/mol. The summed E-state index contributed by atoms with van der Waals surface area (Å²) in [6.07, 6.45) is 0.300. The van der Waals surface area contributed by atoms with Crippen molar-refractivity contribution in [1.29, 1.82) is 0 Å². The molecule has 2 amide bonds. The summed E-state index contributed by atoms with van der Waals surface area (Å²) >= 11 is 1.13. The molecule has 0 bridgehead atoms. The maximum Gasteiger partial charge on any atom is 0.252 e. The molecule has 146 valence electrons. The van der Waals surface area contributed by atoms with Gasteiger partial charge in [-0.3, -0.25) is 9.59 Å². The van der Waals surface area contributed by atoms with Crippen LogP contribution in [0.1, 0.15) is 19.8 Å². The molecule has 0 fully saturated rings. The van der Waals surface area contributed by atoms with Gasteiger partial charge in [-0.25, -0.2) is 17.1 Å². The Labute approximate surface area is 161 Å². The quantitative estimate of drug-likeness (QED) is 0.696. The number of sulfonamides is 1. The van der Waals surface area contributed by atoms with Crippen molar-refractivity contribution < 1.29 is 22.4 Å². The normalized spacial score (nSPS) is 11.4. The highest BCUT2D eigenvalue weighted by molar-refractivity contribution is 7.91. The van der Waals surface area contributed by atoms with Crippen LogP contribution in [0.2, 0.25) is 0 Å². The fourth-order valence-electron chi connectivity index (χ4n) is 2.26. The van der Waals surface area contributed by atoms with Crippen LogP contribution in [0.15, 0.2) is 39.9 Å². The van der Waals surface area contributed by atoms with Gasteiger partial charge in [0.25, 0.3) is 10.0 Å². The fourth-order valence-corrected chi connectivity index (χ4v) is 4.67. The Morgan fingerprint density at radius 2 is 1.96 bits per heavy atom. The van der Waals surface area contributed by atoms with E-state index < -0.39 is 21.7 Å². The van der Waals surface area contributed by atoms with E-state index >= 15 is 0 Å². The summed E-state index contributed by atoms with van der Waals surface area (Å²) < 4.78 is 39.8. The van der Waals surface area contributed by atoms with E-state index in [4.69, 9.17) is 0 Å². The third kappa shape index (κ3) is 5.84. The Balaban J connectivity index is 1.89. The Morgan fingerprint density at radius 3 is 2.59 bits per heavy atom. The second kappa shape index (κ2) is 9.07. The lowest BCUT2D eigenvalue weighted by Crippen LogP contribution is -2.28. The summed E-state index contributed by atoms with van der Waals surface area (Å²) in [5.74, 6) is -1.39. The van der Waals surface area contributed by atoms with Crippen molar-refractivity contribution in [3.05, 3.63) is 41.5 Å². The first-order valence-corrected chi connectivity index (χ1v) is 10.4. The Kier molecular flexibility index (Phi) is 7.05. The van der Waals surface area contributed by atoms with E-state index in [0.717, 1.165) is 17.4 Å². The number of benzene rings is 1. The van der Waals surface area contributed by atoms with E-state index in [9.17, 15) is 22.4 Å². The van der Waals surface area contributed by atoms with Gasteiger partial charge in [0.1, 0.15) is 10.0 Å². The molecule has 2 N–H and O–H groups in total. The number of rotatable bonds is 8. The van der Waals surface area contributed by atoms with Crippen molar-refractivity contribution >= 4 is 44.5 Å². The minimum atomic E-state index is -3.56. The molecule has 2 rings (SSSR count). The van der Waals surface area contributed by atoms with Gasteiger partial charge in [0.05, 0.1) is 5.69 Å². The van der Waals surface area contributed by atoms with Gasteiger partial charge >= 0.3 is 0 Å². The van der Waals surface area contributed by atoms with E-state index in [2.05, 4.69) is 10.6 Å². The molecule has 0 aliphatic rings. The first-order chi connectivity index (χ1) is 12.7. The molecule has 0 unspecified atom stereocenters. The topological polar surface area (TPSA) is 95.6 Å².